The molecule has 1 aromatic carbocycles. The molecule has 134 valence electrons. The van der Waals surface area contributed by atoms with Crippen LogP contribution in [0.5, 0.6) is 0 Å². The lowest BCUT2D eigenvalue weighted by Gasteiger charge is -2.30. The first-order chi connectivity index (χ1) is 11.9. The van der Waals surface area contributed by atoms with Gasteiger partial charge in [-0.1, -0.05) is 30.3 Å². The van der Waals surface area contributed by atoms with Crippen molar-refractivity contribution in [2.75, 3.05) is 12.3 Å². The fraction of sp³-hybridized carbons (Fsp3) is 0.500. The highest BCUT2D eigenvalue weighted by molar-refractivity contribution is 8.01. The smallest absolute Gasteiger partial charge is 0.308 e. The molecular weight excluding hydrogens is 340 g/mol. The zero-order valence-corrected chi connectivity index (χ0v) is 14.9. The van der Waals surface area contributed by atoms with E-state index in [1.807, 2.05) is 37.3 Å². The van der Waals surface area contributed by atoms with Crippen molar-refractivity contribution >= 4 is 29.5 Å². The number of carboxylic acid groups (broad SMARTS) is 1. The predicted molar refractivity (Wildman–Crippen MR) is 95.0 cm³/mol. The normalized spacial score (nSPS) is 26.4. The number of fused-ring (bicyclic) bond motifs is 1. The van der Waals surface area contributed by atoms with Gasteiger partial charge in [0.2, 0.25) is 11.8 Å². The molecule has 0 saturated carbocycles. The molecule has 2 aliphatic heterocycles. The summed E-state index contributed by atoms with van der Waals surface area (Å²) in [6, 6.07) is 8.85. The van der Waals surface area contributed by atoms with E-state index in [0.29, 0.717) is 18.6 Å². The molecule has 2 aliphatic rings. The fourth-order valence-corrected chi connectivity index (χ4v) is 4.93. The standard InChI is InChI=1S/C18H22N2O4S/c1-18-8-7-15(21)20(18)14(11-25-18)16(22)19-10-13(17(23)24)9-12-5-3-2-4-6-12/h2-6,13-14H,7-11H2,1H3,(H,19,22)(H,23,24). The van der Waals surface area contributed by atoms with Crippen molar-refractivity contribution in [1.82, 2.24) is 10.2 Å². The molecule has 2 heterocycles. The molecule has 3 unspecified atom stereocenters. The number of carbonyl (C=O) groups excluding carboxylic acids is 2. The number of amides is 2. The molecule has 0 radical (unpaired) electrons. The topological polar surface area (TPSA) is 86.7 Å². The summed E-state index contributed by atoms with van der Waals surface area (Å²) in [4.78, 5) is 37.5. The number of nitrogens with one attached hydrogen (secondary N) is 1. The Balaban J connectivity index is 1.60. The molecule has 0 aromatic heterocycles. The number of rotatable bonds is 6. The van der Waals surface area contributed by atoms with Crippen LogP contribution in [0.1, 0.15) is 25.3 Å². The fourth-order valence-electron chi connectivity index (χ4n) is 3.50. The molecule has 0 aliphatic carbocycles. The van der Waals surface area contributed by atoms with Crippen molar-refractivity contribution in [2.45, 2.75) is 37.1 Å². The van der Waals surface area contributed by atoms with Crippen LogP contribution in [0.3, 0.4) is 0 Å². The number of hydrogen-bond donors (Lipinski definition) is 2. The molecule has 2 amide bonds. The van der Waals surface area contributed by atoms with Gasteiger partial charge in [0, 0.05) is 18.7 Å². The van der Waals surface area contributed by atoms with E-state index >= 15 is 0 Å². The molecule has 3 rings (SSSR count). The Morgan fingerprint density at radius 1 is 1.40 bits per heavy atom. The maximum Gasteiger partial charge on any atom is 0.308 e. The minimum Gasteiger partial charge on any atom is -0.481 e. The Labute approximate surface area is 151 Å². The number of carbonyl (C=O) groups is 3. The van der Waals surface area contributed by atoms with Gasteiger partial charge in [0.25, 0.3) is 0 Å². The molecule has 2 N–H and O–H groups in total. The summed E-state index contributed by atoms with van der Waals surface area (Å²) in [5, 5.41) is 12.2. The van der Waals surface area contributed by atoms with Crippen molar-refractivity contribution in [2.24, 2.45) is 5.92 Å². The van der Waals surface area contributed by atoms with Crippen LogP contribution in [0.4, 0.5) is 0 Å². The highest BCUT2D eigenvalue weighted by atomic mass is 32.2. The van der Waals surface area contributed by atoms with Gasteiger partial charge in [-0.25, -0.2) is 0 Å². The minimum atomic E-state index is -0.938. The maximum absolute atomic E-state index is 12.5. The summed E-state index contributed by atoms with van der Waals surface area (Å²) < 4.78 is 0. The zero-order chi connectivity index (χ0) is 18.0. The van der Waals surface area contributed by atoms with Gasteiger partial charge in [0.05, 0.1) is 10.8 Å². The molecule has 25 heavy (non-hydrogen) atoms. The summed E-state index contributed by atoms with van der Waals surface area (Å²) in [5.74, 6) is -1.32. The van der Waals surface area contributed by atoms with E-state index in [9.17, 15) is 19.5 Å². The van der Waals surface area contributed by atoms with Crippen LogP contribution < -0.4 is 5.32 Å². The summed E-state index contributed by atoms with van der Waals surface area (Å²) in [7, 11) is 0. The van der Waals surface area contributed by atoms with E-state index in [1.165, 1.54) is 0 Å². The van der Waals surface area contributed by atoms with Crippen LogP contribution in [0, 0.1) is 5.92 Å². The Morgan fingerprint density at radius 3 is 2.80 bits per heavy atom. The molecule has 0 spiro atoms. The van der Waals surface area contributed by atoms with E-state index in [4.69, 9.17) is 0 Å². The predicted octanol–water partition coefficient (Wildman–Crippen LogP) is 1.50. The highest BCUT2D eigenvalue weighted by Crippen LogP contribution is 2.47. The first-order valence-corrected chi connectivity index (χ1v) is 9.40. The molecule has 2 saturated heterocycles. The second kappa shape index (κ2) is 7.07. The van der Waals surface area contributed by atoms with Gasteiger partial charge in [-0.05, 0) is 25.3 Å². The average molecular weight is 362 g/mol. The van der Waals surface area contributed by atoms with E-state index < -0.39 is 17.9 Å². The molecule has 3 atom stereocenters. The highest BCUT2D eigenvalue weighted by Gasteiger charge is 2.52. The number of carboxylic acids is 1. The lowest BCUT2D eigenvalue weighted by Crippen LogP contribution is -2.51. The van der Waals surface area contributed by atoms with Gasteiger partial charge in [-0.2, -0.15) is 0 Å². The number of hydrogen-bond acceptors (Lipinski definition) is 4. The third-order valence-electron chi connectivity index (χ3n) is 4.94. The minimum absolute atomic E-state index is 0.00622. The molecule has 2 fully saturated rings. The number of aliphatic carboxylic acids is 1. The van der Waals surface area contributed by atoms with Gasteiger partial charge in [-0.15, -0.1) is 11.8 Å². The summed E-state index contributed by atoms with van der Waals surface area (Å²) in [6.07, 6.45) is 1.58. The van der Waals surface area contributed by atoms with Gasteiger partial charge in [0.15, 0.2) is 0 Å². The third kappa shape index (κ3) is 3.66. The summed E-state index contributed by atoms with van der Waals surface area (Å²) in [6.45, 7) is 2.05. The SMILES string of the molecule is CC12CCC(=O)N1C(C(=O)NCC(Cc1ccccc1)C(=O)O)CS2. The van der Waals surface area contributed by atoms with Crippen molar-refractivity contribution in [3.05, 3.63) is 35.9 Å². The zero-order valence-electron chi connectivity index (χ0n) is 14.1. The Kier molecular flexibility index (Phi) is 5.03. The van der Waals surface area contributed by atoms with E-state index in [-0.39, 0.29) is 23.2 Å². The molecule has 1 aromatic rings. The van der Waals surface area contributed by atoms with Gasteiger partial charge in [0.1, 0.15) is 6.04 Å². The number of nitrogens with zero attached hydrogens (tertiary/aromatic N) is 1. The maximum atomic E-state index is 12.5. The van der Waals surface area contributed by atoms with Crippen LogP contribution in [-0.2, 0) is 20.8 Å². The Morgan fingerprint density at radius 2 is 2.12 bits per heavy atom. The monoisotopic (exact) mass is 362 g/mol. The second-order valence-electron chi connectivity index (χ2n) is 6.74. The van der Waals surface area contributed by atoms with Crippen molar-refractivity contribution in [3.63, 3.8) is 0 Å². The molecular formula is C18H22N2O4S. The van der Waals surface area contributed by atoms with Crippen LogP contribution in [0.2, 0.25) is 0 Å². The van der Waals surface area contributed by atoms with E-state index in [2.05, 4.69) is 5.32 Å². The summed E-state index contributed by atoms with van der Waals surface area (Å²) in [5.41, 5.74) is 0.919. The number of thioether (sulfide) groups is 1. The molecule has 0 bridgehead atoms. The quantitative estimate of drug-likeness (QED) is 0.801. The van der Waals surface area contributed by atoms with Gasteiger partial charge >= 0.3 is 5.97 Å². The van der Waals surface area contributed by atoms with E-state index in [0.717, 1.165) is 12.0 Å². The number of benzene rings is 1. The van der Waals surface area contributed by atoms with Crippen LogP contribution in [0.15, 0.2) is 30.3 Å². The van der Waals surface area contributed by atoms with Crippen LogP contribution >= 0.6 is 11.8 Å². The van der Waals surface area contributed by atoms with Gasteiger partial charge < -0.3 is 15.3 Å². The van der Waals surface area contributed by atoms with Crippen molar-refractivity contribution in [3.8, 4) is 0 Å². The Bertz CT molecular complexity index is 681. The third-order valence-corrected chi connectivity index (χ3v) is 6.45. The first-order valence-electron chi connectivity index (χ1n) is 8.41. The average Bonchev–Trinajstić information content (AvgIpc) is 3.08. The largest absolute Gasteiger partial charge is 0.481 e. The molecule has 6 nitrogen and oxygen atoms in total. The van der Waals surface area contributed by atoms with Crippen molar-refractivity contribution < 1.29 is 19.5 Å². The van der Waals surface area contributed by atoms with Crippen molar-refractivity contribution in [1.29, 1.82) is 0 Å². The van der Waals surface area contributed by atoms with Crippen LogP contribution in [0.25, 0.3) is 0 Å². The Hall–Kier alpha value is -2.02. The van der Waals surface area contributed by atoms with E-state index in [1.54, 1.807) is 16.7 Å². The lowest BCUT2D eigenvalue weighted by molar-refractivity contribution is -0.142. The van der Waals surface area contributed by atoms with Gasteiger partial charge in [-0.3, -0.25) is 14.4 Å². The summed E-state index contributed by atoms with van der Waals surface area (Å²) >= 11 is 1.63. The lowest BCUT2D eigenvalue weighted by atomic mass is 9.99. The molecule has 7 heteroatoms. The first kappa shape index (κ1) is 17.8. The second-order valence-corrected chi connectivity index (χ2v) is 8.24. The van der Waals surface area contributed by atoms with Crippen LogP contribution in [-0.4, -0.2) is 51.0 Å².